The summed E-state index contributed by atoms with van der Waals surface area (Å²) >= 11 is 0. The number of hydrogen-bond acceptors (Lipinski definition) is 6. The monoisotopic (exact) mass is 1110 g/mol. The Morgan fingerprint density at radius 1 is 0.263 bits per heavy atom. The van der Waals surface area contributed by atoms with E-state index in [-0.39, 0.29) is 31.1 Å². The summed E-state index contributed by atoms with van der Waals surface area (Å²) in [7, 11) is 0. The van der Waals surface area contributed by atoms with Crippen LogP contribution in [0.4, 0.5) is 0 Å². The fourth-order valence-electron chi connectivity index (χ4n) is 9.97. The van der Waals surface area contributed by atoms with Crippen molar-refractivity contribution in [2.24, 2.45) is 0 Å². The number of carbonyl (C=O) groups excluding carboxylic acids is 3. The highest BCUT2D eigenvalue weighted by Crippen LogP contribution is 2.17. The van der Waals surface area contributed by atoms with E-state index in [4.69, 9.17) is 14.2 Å². The first-order chi connectivity index (χ1) is 39.5. The maximum Gasteiger partial charge on any atom is 0.306 e. The van der Waals surface area contributed by atoms with E-state index in [2.05, 4.69) is 106 Å². The molecule has 6 nitrogen and oxygen atoms in total. The molecule has 0 rings (SSSR count). The van der Waals surface area contributed by atoms with Crippen LogP contribution in [-0.2, 0) is 28.6 Å². The molecule has 0 heterocycles. The first kappa shape index (κ1) is 76.6. The summed E-state index contributed by atoms with van der Waals surface area (Å²) in [6, 6.07) is 0. The number of hydrogen-bond donors (Lipinski definition) is 0. The molecule has 0 aliphatic rings. The van der Waals surface area contributed by atoms with Gasteiger partial charge in [-0.15, -0.1) is 0 Å². The fraction of sp³-hybridized carbons (Fsp3) is 0.770. The molecule has 6 heteroatoms. The lowest BCUT2D eigenvalue weighted by molar-refractivity contribution is -0.167. The minimum absolute atomic E-state index is 0.0733. The molecular formula is C74H130O6. The molecule has 0 amide bonds. The van der Waals surface area contributed by atoms with Crippen molar-refractivity contribution < 1.29 is 28.6 Å². The Morgan fingerprint density at radius 3 is 0.787 bits per heavy atom. The van der Waals surface area contributed by atoms with Gasteiger partial charge in [0.2, 0.25) is 0 Å². The Labute approximate surface area is 496 Å². The third-order valence-electron chi connectivity index (χ3n) is 15.1. The van der Waals surface area contributed by atoms with Crippen molar-refractivity contribution in [3.63, 3.8) is 0 Å². The van der Waals surface area contributed by atoms with Crippen LogP contribution < -0.4 is 0 Å². The summed E-state index contributed by atoms with van der Waals surface area (Å²) in [5, 5.41) is 0. The normalized spacial score (nSPS) is 12.6. The second kappa shape index (κ2) is 68.1. The van der Waals surface area contributed by atoms with Crippen LogP contribution in [0.5, 0.6) is 0 Å². The van der Waals surface area contributed by atoms with Crippen LogP contribution in [0.25, 0.3) is 0 Å². The van der Waals surface area contributed by atoms with Crippen molar-refractivity contribution in [2.75, 3.05) is 13.2 Å². The molecule has 0 saturated heterocycles. The van der Waals surface area contributed by atoms with Gasteiger partial charge in [0.05, 0.1) is 0 Å². The predicted molar refractivity (Wildman–Crippen MR) is 348 cm³/mol. The van der Waals surface area contributed by atoms with Crippen LogP contribution in [0.1, 0.15) is 348 Å². The van der Waals surface area contributed by atoms with Crippen LogP contribution in [0, 0.1) is 0 Å². The lowest BCUT2D eigenvalue weighted by Crippen LogP contribution is -2.30. The minimum Gasteiger partial charge on any atom is -0.462 e. The van der Waals surface area contributed by atoms with Gasteiger partial charge in [0.25, 0.3) is 0 Å². The molecule has 0 fully saturated rings. The summed E-state index contributed by atoms with van der Waals surface area (Å²) in [5.41, 5.74) is 0. The molecule has 0 N–H and O–H groups in total. The van der Waals surface area contributed by atoms with Crippen LogP contribution in [-0.4, -0.2) is 37.2 Å². The number of ether oxygens (including phenoxy) is 3. The lowest BCUT2D eigenvalue weighted by Gasteiger charge is -2.18. The average Bonchev–Trinajstić information content (AvgIpc) is 3.46. The average molecular weight is 1120 g/mol. The Hall–Kier alpha value is -3.41. The molecule has 0 aromatic rings. The van der Waals surface area contributed by atoms with E-state index in [0.717, 1.165) is 103 Å². The number of carbonyl (C=O) groups is 3. The van der Waals surface area contributed by atoms with Crippen molar-refractivity contribution in [1.82, 2.24) is 0 Å². The largest absolute Gasteiger partial charge is 0.462 e. The molecule has 1 atom stereocenters. The molecule has 80 heavy (non-hydrogen) atoms. The van der Waals surface area contributed by atoms with Gasteiger partial charge in [0.15, 0.2) is 6.10 Å². The summed E-state index contributed by atoms with van der Waals surface area (Å²) in [5.74, 6) is -0.864. The first-order valence-corrected chi connectivity index (χ1v) is 34.6. The van der Waals surface area contributed by atoms with Crippen molar-refractivity contribution in [3.8, 4) is 0 Å². The molecule has 0 spiro atoms. The molecule has 462 valence electrons. The molecule has 0 aliphatic carbocycles. The van der Waals surface area contributed by atoms with E-state index in [1.165, 1.54) is 205 Å². The van der Waals surface area contributed by atoms with Gasteiger partial charge < -0.3 is 14.2 Å². The Balaban J connectivity index is 4.11. The molecule has 0 bridgehead atoms. The quantitative estimate of drug-likeness (QED) is 0.0261. The van der Waals surface area contributed by atoms with Gasteiger partial charge in [-0.2, -0.15) is 0 Å². The Morgan fingerprint density at radius 2 is 0.487 bits per heavy atom. The highest BCUT2D eigenvalue weighted by atomic mass is 16.6. The van der Waals surface area contributed by atoms with Gasteiger partial charge in [-0.1, -0.05) is 318 Å². The van der Waals surface area contributed by atoms with E-state index in [1.807, 2.05) is 0 Å². The third-order valence-corrected chi connectivity index (χ3v) is 15.1. The van der Waals surface area contributed by atoms with Gasteiger partial charge in [-0.05, 0) is 96.3 Å². The van der Waals surface area contributed by atoms with Crippen molar-refractivity contribution in [2.45, 2.75) is 354 Å². The van der Waals surface area contributed by atoms with E-state index in [9.17, 15) is 14.4 Å². The highest BCUT2D eigenvalue weighted by molar-refractivity contribution is 5.71. The Bertz CT molecular complexity index is 1520. The molecule has 1 unspecified atom stereocenters. The van der Waals surface area contributed by atoms with Crippen molar-refractivity contribution in [1.29, 1.82) is 0 Å². The maximum atomic E-state index is 12.9. The first-order valence-electron chi connectivity index (χ1n) is 34.6. The summed E-state index contributed by atoms with van der Waals surface area (Å²) in [4.78, 5) is 38.3. The summed E-state index contributed by atoms with van der Waals surface area (Å²) in [6.07, 6.45) is 90.4. The van der Waals surface area contributed by atoms with E-state index in [1.54, 1.807) is 0 Å². The maximum absolute atomic E-state index is 12.9. The molecule has 0 aromatic carbocycles. The van der Waals surface area contributed by atoms with Crippen LogP contribution in [0.2, 0.25) is 0 Å². The molecule has 0 saturated carbocycles. The van der Waals surface area contributed by atoms with E-state index < -0.39 is 6.10 Å². The minimum atomic E-state index is -0.776. The Kier molecular flexibility index (Phi) is 65.2. The second-order valence-electron chi connectivity index (χ2n) is 23.1. The summed E-state index contributed by atoms with van der Waals surface area (Å²) in [6.45, 7) is 6.54. The van der Waals surface area contributed by atoms with Crippen LogP contribution >= 0.6 is 0 Å². The topological polar surface area (TPSA) is 78.9 Å². The third kappa shape index (κ3) is 65.4. The lowest BCUT2D eigenvalue weighted by atomic mass is 10.0. The van der Waals surface area contributed by atoms with E-state index in [0.29, 0.717) is 19.3 Å². The number of allylic oxidation sites excluding steroid dienone is 14. The number of esters is 3. The molecule has 0 aliphatic heterocycles. The molecular weight excluding hydrogens is 985 g/mol. The standard InChI is InChI=1S/C74H130O6/c1-4-7-10-13-16-19-22-25-27-28-29-30-31-32-33-34-35-36-37-38-39-40-41-42-43-44-45-46-47-50-52-55-58-61-64-67-73(76)79-70-71(69-78-72(75)66-63-60-57-54-51-48-24-21-18-15-12-9-6-3)80-74(77)68-65-62-59-56-53-49-26-23-20-17-14-11-8-5-2/h7,10,16,19,21,24-25,27,29-30,32-33,35-36,71H,4-6,8-9,11-15,17-18,20,22-23,26,28,31,34,37-70H2,1-3H3/b10-7-,19-16-,24-21-,27-25-,30-29-,33-32-,36-35-. The van der Waals surface area contributed by atoms with Crippen molar-refractivity contribution >= 4 is 17.9 Å². The smallest absolute Gasteiger partial charge is 0.306 e. The second-order valence-corrected chi connectivity index (χ2v) is 23.1. The van der Waals surface area contributed by atoms with Crippen molar-refractivity contribution in [3.05, 3.63) is 85.1 Å². The zero-order chi connectivity index (χ0) is 57.8. The van der Waals surface area contributed by atoms with E-state index >= 15 is 0 Å². The highest BCUT2D eigenvalue weighted by Gasteiger charge is 2.19. The number of rotatable bonds is 63. The zero-order valence-corrected chi connectivity index (χ0v) is 53.1. The van der Waals surface area contributed by atoms with Gasteiger partial charge in [0, 0.05) is 19.3 Å². The van der Waals surface area contributed by atoms with Gasteiger partial charge >= 0.3 is 17.9 Å². The molecule has 0 radical (unpaired) electrons. The van der Waals surface area contributed by atoms with Crippen LogP contribution in [0.3, 0.4) is 0 Å². The van der Waals surface area contributed by atoms with Gasteiger partial charge in [0.1, 0.15) is 13.2 Å². The zero-order valence-electron chi connectivity index (χ0n) is 53.1. The number of unbranched alkanes of at least 4 members (excludes halogenated alkanes) is 38. The summed E-state index contributed by atoms with van der Waals surface area (Å²) < 4.78 is 16.9. The van der Waals surface area contributed by atoms with Gasteiger partial charge in [-0.25, -0.2) is 0 Å². The van der Waals surface area contributed by atoms with Gasteiger partial charge in [-0.3, -0.25) is 14.4 Å². The van der Waals surface area contributed by atoms with Crippen LogP contribution in [0.15, 0.2) is 85.1 Å². The fourth-order valence-corrected chi connectivity index (χ4v) is 9.97. The SMILES string of the molecule is CC/C=C\C/C=C\C/C=C\C/C=C\C/C=C\C/C=C\CCCCCCCCCCCCCCCCCCC(=O)OCC(COC(=O)CCCCCCC/C=C\CCCCCC)OC(=O)CCCCCCCCCCCCCCCC. The molecule has 0 aromatic heterocycles. The predicted octanol–water partition coefficient (Wildman–Crippen LogP) is 23.8.